The van der Waals surface area contributed by atoms with Crippen molar-refractivity contribution in [2.24, 2.45) is 5.92 Å². The number of hydrogen-bond acceptors (Lipinski definition) is 2. The summed E-state index contributed by atoms with van der Waals surface area (Å²) in [6.45, 7) is 3.73. The van der Waals surface area contributed by atoms with Gasteiger partial charge in [0.2, 0.25) is 5.91 Å². The van der Waals surface area contributed by atoms with Crippen LogP contribution < -0.4 is 5.32 Å². The number of rotatable bonds is 5. The summed E-state index contributed by atoms with van der Waals surface area (Å²) in [7, 11) is 0. The fourth-order valence-electron chi connectivity index (χ4n) is 1.54. The van der Waals surface area contributed by atoms with Crippen molar-refractivity contribution < 1.29 is 14.7 Å². The summed E-state index contributed by atoms with van der Waals surface area (Å²) >= 11 is 0. The second-order valence-electron chi connectivity index (χ2n) is 4.32. The van der Waals surface area contributed by atoms with Gasteiger partial charge in [0.15, 0.2) is 0 Å². The molecule has 2 N–H and O–H groups in total. The van der Waals surface area contributed by atoms with Crippen LogP contribution in [0.25, 0.3) is 0 Å². The molecule has 1 rings (SSSR count). The molecule has 92 valence electrons. The van der Waals surface area contributed by atoms with Crippen molar-refractivity contribution in [2.75, 3.05) is 5.32 Å². The first-order chi connectivity index (χ1) is 7.97. The fourth-order valence-corrected chi connectivity index (χ4v) is 1.54. The van der Waals surface area contributed by atoms with Gasteiger partial charge in [0.25, 0.3) is 0 Å². The van der Waals surface area contributed by atoms with Crippen LogP contribution in [0.3, 0.4) is 0 Å². The number of carboxylic acid groups (broad SMARTS) is 1. The predicted octanol–water partition coefficient (Wildman–Crippen LogP) is 2.43. The lowest BCUT2D eigenvalue weighted by Crippen LogP contribution is -2.16. The van der Waals surface area contributed by atoms with Crippen molar-refractivity contribution in [1.82, 2.24) is 0 Å². The van der Waals surface area contributed by atoms with Gasteiger partial charge in [-0.05, 0) is 25.0 Å². The maximum atomic E-state index is 11.6. The summed E-state index contributed by atoms with van der Waals surface area (Å²) in [5, 5.41) is 11.3. The molecule has 0 fully saturated rings. The lowest BCUT2D eigenvalue weighted by molar-refractivity contribution is -0.138. The van der Waals surface area contributed by atoms with Crippen LogP contribution in [0.4, 0.5) is 5.69 Å². The van der Waals surface area contributed by atoms with Crippen LogP contribution in [0.5, 0.6) is 0 Å². The van der Waals surface area contributed by atoms with E-state index in [1.807, 2.05) is 31.2 Å². The van der Waals surface area contributed by atoms with Crippen LogP contribution in [0.15, 0.2) is 24.3 Å². The van der Waals surface area contributed by atoms with E-state index in [-0.39, 0.29) is 24.7 Å². The van der Waals surface area contributed by atoms with Crippen molar-refractivity contribution in [3.05, 3.63) is 29.8 Å². The van der Waals surface area contributed by atoms with Gasteiger partial charge in [-0.25, -0.2) is 0 Å². The largest absolute Gasteiger partial charge is 0.481 e. The standard InChI is InChI=1S/C13H17NO3/c1-9-3-5-11(6-4-9)14-12(15)7-10(2)8-13(16)17/h3-6,10H,7-8H2,1-2H3,(H,14,15)(H,16,17)/t10-/m0/s1. The Morgan fingerprint density at radius 1 is 1.24 bits per heavy atom. The highest BCUT2D eigenvalue weighted by Gasteiger charge is 2.12. The number of amides is 1. The monoisotopic (exact) mass is 235 g/mol. The summed E-state index contributed by atoms with van der Waals surface area (Å²) < 4.78 is 0. The van der Waals surface area contributed by atoms with Gasteiger partial charge in [-0.2, -0.15) is 0 Å². The van der Waals surface area contributed by atoms with Crippen LogP contribution in [0.1, 0.15) is 25.3 Å². The van der Waals surface area contributed by atoms with Crippen LogP contribution >= 0.6 is 0 Å². The predicted molar refractivity (Wildman–Crippen MR) is 65.8 cm³/mol. The second kappa shape index (κ2) is 6.03. The number of aliphatic carboxylic acids is 1. The Morgan fingerprint density at radius 2 is 1.82 bits per heavy atom. The fraction of sp³-hybridized carbons (Fsp3) is 0.385. The summed E-state index contributed by atoms with van der Waals surface area (Å²) in [6, 6.07) is 7.48. The molecule has 0 bridgehead atoms. The van der Waals surface area contributed by atoms with Crippen molar-refractivity contribution in [1.29, 1.82) is 0 Å². The summed E-state index contributed by atoms with van der Waals surface area (Å²) in [5.41, 5.74) is 1.87. The van der Waals surface area contributed by atoms with Gasteiger partial charge < -0.3 is 10.4 Å². The number of anilines is 1. The highest BCUT2D eigenvalue weighted by Crippen LogP contribution is 2.12. The number of carboxylic acids is 1. The van der Waals surface area contributed by atoms with E-state index in [9.17, 15) is 9.59 Å². The number of benzene rings is 1. The van der Waals surface area contributed by atoms with Crippen LogP contribution in [0.2, 0.25) is 0 Å². The Labute approximate surface area is 101 Å². The third kappa shape index (κ3) is 5.15. The summed E-state index contributed by atoms with van der Waals surface area (Å²) in [5.74, 6) is -1.18. The van der Waals surface area contributed by atoms with Crippen LogP contribution in [-0.4, -0.2) is 17.0 Å². The molecule has 0 saturated carbocycles. The molecule has 1 aromatic rings. The Morgan fingerprint density at radius 3 is 2.35 bits per heavy atom. The molecule has 0 saturated heterocycles. The first kappa shape index (κ1) is 13.2. The van der Waals surface area contributed by atoms with E-state index >= 15 is 0 Å². The van der Waals surface area contributed by atoms with E-state index in [1.165, 1.54) is 0 Å². The SMILES string of the molecule is Cc1ccc(NC(=O)C[C@H](C)CC(=O)O)cc1. The summed E-state index contributed by atoms with van der Waals surface area (Å²) in [6.07, 6.45) is 0.238. The number of carbonyl (C=O) groups is 2. The molecule has 0 aliphatic carbocycles. The Kier molecular flexibility index (Phi) is 4.69. The molecule has 1 aromatic carbocycles. The molecule has 0 aliphatic rings. The first-order valence-corrected chi connectivity index (χ1v) is 5.55. The van der Waals surface area contributed by atoms with Crippen molar-refractivity contribution in [3.8, 4) is 0 Å². The van der Waals surface area contributed by atoms with Gasteiger partial charge in [0, 0.05) is 18.5 Å². The van der Waals surface area contributed by atoms with Gasteiger partial charge in [-0.3, -0.25) is 9.59 Å². The van der Waals surface area contributed by atoms with Crippen molar-refractivity contribution in [3.63, 3.8) is 0 Å². The molecule has 0 radical (unpaired) electrons. The zero-order valence-electron chi connectivity index (χ0n) is 10.1. The third-order valence-electron chi connectivity index (χ3n) is 2.39. The first-order valence-electron chi connectivity index (χ1n) is 5.55. The molecular formula is C13H17NO3. The van der Waals surface area contributed by atoms with E-state index in [1.54, 1.807) is 6.92 Å². The minimum atomic E-state index is -0.874. The van der Waals surface area contributed by atoms with Gasteiger partial charge in [0.05, 0.1) is 0 Å². The van der Waals surface area contributed by atoms with Gasteiger partial charge >= 0.3 is 5.97 Å². The highest BCUT2D eigenvalue weighted by molar-refractivity contribution is 5.91. The highest BCUT2D eigenvalue weighted by atomic mass is 16.4. The number of hydrogen-bond donors (Lipinski definition) is 2. The molecule has 0 unspecified atom stereocenters. The van der Waals surface area contributed by atoms with Crippen LogP contribution in [-0.2, 0) is 9.59 Å². The zero-order chi connectivity index (χ0) is 12.8. The van der Waals surface area contributed by atoms with Gasteiger partial charge in [0.1, 0.15) is 0 Å². The molecule has 4 nitrogen and oxygen atoms in total. The third-order valence-corrected chi connectivity index (χ3v) is 2.39. The molecule has 0 spiro atoms. The van der Waals surface area contributed by atoms with Gasteiger partial charge in [-0.15, -0.1) is 0 Å². The smallest absolute Gasteiger partial charge is 0.303 e. The van der Waals surface area contributed by atoms with E-state index in [2.05, 4.69) is 5.32 Å². The number of carbonyl (C=O) groups excluding carboxylic acids is 1. The Bertz CT molecular complexity index is 398. The maximum Gasteiger partial charge on any atom is 0.303 e. The minimum absolute atomic E-state index is 0.0152. The minimum Gasteiger partial charge on any atom is -0.481 e. The van der Waals surface area contributed by atoms with Gasteiger partial charge in [-0.1, -0.05) is 24.6 Å². The maximum absolute atomic E-state index is 11.6. The van der Waals surface area contributed by atoms with Crippen LogP contribution in [0, 0.1) is 12.8 Å². The molecule has 0 aliphatic heterocycles. The molecule has 4 heteroatoms. The topological polar surface area (TPSA) is 66.4 Å². The van der Waals surface area contributed by atoms with Crippen molar-refractivity contribution in [2.45, 2.75) is 26.7 Å². The molecule has 1 atom stereocenters. The molecule has 17 heavy (non-hydrogen) atoms. The quantitative estimate of drug-likeness (QED) is 0.823. The van der Waals surface area contributed by atoms with Crippen molar-refractivity contribution >= 4 is 17.6 Å². The van der Waals surface area contributed by atoms with E-state index < -0.39 is 5.97 Å². The zero-order valence-corrected chi connectivity index (χ0v) is 10.1. The Balaban J connectivity index is 2.44. The molecule has 0 aromatic heterocycles. The molecular weight excluding hydrogens is 218 g/mol. The van der Waals surface area contributed by atoms with E-state index in [0.29, 0.717) is 0 Å². The number of nitrogens with one attached hydrogen (secondary N) is 1. The van der Waals surface area contributed by atoms with E-state index in [4.69, 9.17) is 5.11 Å². The second-order valence-corrected chi connectivity index (χ2v) is 4.32. The van der Waals surface area contributed by atoms with E-state index in [0.717, 1.165) is 11.3 Å². The average molecular weight is 235 g/mol. The number of aryl methyl sites for hydroxylation is 1. The lowest BCUT2D eigenvalue weighted by Gasteiger charge is -2.09. The normalized spacial score (nSPS) is 11.9. The Hall–Kier alpha value is -1.84. The summed E-state index contributed by atoms with van der Waals surface area (Å²) in [4.78, 5) is 22.0. The molecule has 0 heterocycles. The molecule has 1 amide bonds. The average Bonchev–Trinajstić information content (AvgIpc) is 2.19. The lowest BCUT2D eigenvalue weighted by atomic mass is 10.0.